The minimum atomic E-state index is -0.669. The van der Waals surface area contributed by atoms with Crippen LogP contribution < -0.4 is 9.47 Å². The molecule has 31 heavy (non-hydrogen) atoms. The van der Waals surface area contributed by atoms with Crippen LogP contribution in [0.1, 0.15) is 55.3 Å². The summed E-state index contributed by atoms with van der Waals surface area (Å²) in [5.41, 5.74) is 2.39. The van der Waals surface area contributed by atoms with Gasteiger partial charge in [0.1, 0.15) is 5.76 Å². The van der Waals surface area contributed by atoms with E-state index in [1.165, 1.54) is 0 Å². The second-order valence-electron chi connectivity index (χ2n) is 8.03. The number of Topliss-reactive ketones (excluding diaryl/α,β-unsaturated/α-hetero) is 1. The van der Waals surface area contributed by atoms with Gasteiger partial charge in [-0.2, -0.15) is 0 Å². The van der Waals surface area contributed by atoms with E-state index in [0.29, 0.717) is 29.2 Å². The second-order valence-corrected chi connectivity index (χ2v) is 8.03. The van der Waals surface area contributed by atoms with Crippen molar-refractivity contribution in [3.8, 4) is 11.5 Å². The number of ether oxygens (including phenoxy) is 2. The van der Waals surface area contributed by atoms with Crippen LogP contribution in [-0.4, -0.2) is 35.0 Å². The lowest BCUT2D eigenvalue weighted by atomic mass is 9.94. The maximum atomic E-state index is 13.0. The molecule has 0 aliphatic carbocycles. The molecule has 2 aliphatic rings. The first-order valence-corrected chi connectivity index (χ1v) is 10.8. The molecule has 2 aromatic rings. The third-order valence-electron chi connectivity index (χ3n) is 5.83. The monoisotopic (exact) mass is 421 g/mol. The highest BCUT2D eigenvalue weighted by Crippen LogP contribution is 2.43. The summed E-state index contributed by atoms with van der Waals surface area (Å²) in [4.78, 5) is 27.6. The average molecular weight is 421 g/mol. The highest BCUT2D eigenvalue weighted by Gasteiger charge is 2.46. The van der Waals surface area contributed by atoms with Gasteiger partial charge in [0, 0.05) is 12.1 Å². The largest absolute Gasteiger partial charge is 0.507 e. The number of aliphatic hydroxyl groups excluding tert-OH is 1. The molecule has 1 saturated heterocycles. The normalized spacial score (nSPS) is 19.3. The predicted octanol–water partition coefficient (Wildman–Crippen LogP) is 4.73. The molecule has 0 aromatic heterocycles. The van der Waals surface area contributed by atoms with E-state index in [1.54, 1.807) is 29.2 Å². The number of carbonyl (C=O) groups is 2. The van der Waals surface area contributed by atoms with Gasteiger partial charge in [0.05, 0.1) is 11.6 Å². The Morgan fingerprint density at radius 2 is 1.77 bits per heavy atom. The van der Waals surface area contributed by atoms with Crippen molar-refractivity contribution in [3.05, 3.63) is 64.7 Å². The van der Waals surface area contributed by atoms with Crippen LogP contribution in [0.25, 0.3) is 5.76 Å². The van der Waals surface area contributed by atoms with Crippen LogP contribution in [0.5, 0.6) is 11.5 Å². The number of carbonyl (C=O) groups excluding carboxylic acids is 2. The maximum Gasteiger partial charge on any atom is 0.295 e. The molecule has 6 nitrogen and oxygen atoms in total. The van der Waals surface area contributed by atoms with E-state index in [9.17, 15) is 14.7 Å². The first-order valence-electron chi connectivity index (χ1n) is 10.8. The molecule has 0 radical (unpaired) electrons. The minimum absolute atomic E-state index is 0.114. The van der Waals surface area contributed by atoms with Crippen molar-refractivity contribution in [2.75, 3.05) is 13.3 Å². The predicted molar refractivity (Wildman–Crippen MR) is 117 cm³/mol. The summed E-state index contributed by atoms with van der Waals surface area (Å²) in [6, 6.07) is 12.0. The van der Waals surface area contributed by atoms with Gasteiger partial charge in [-0.25, -0.2) is 0 Å². The highest BCUT2D eigenvalue weighted by atomic mass is 16.7. The van der Waals surface area contributed by atoms with Crippen LogP contribution >= 0.6 is 0 Å². The molecular weight excluding hydrogens is 394 g/mol. The van der Waals surface area contributed by atoms with Crippen LogP contribution in [0.2, 0.25) is 0 Å². The van der Waals surface area contributed by atoms with Gasteiger partial charge in [-0.15, -0.1) is 0 Å². The van der Waals surface area contributed by atoms with Gasteiger partial charge >= 0.3 is 0 Å². The van der Waals surface area contributed by atoms with Gasteiger partial charge in [-0.3, -0.25) is 9.59 Å². The standard InChI is InChI=1S/C25H27NO5/c1-3-4-5-6-13-26-22(18-11-12-19-20(14-18)31-15-30-19)21(24(28)25(26)29)23(27)17-9-7-16(2)8-10-17/h7-12,14,22,27H,3-6,13,15H2,1-2H3/t22-/m0/s1. The highest BCUT2D eigenvalue weighted by molar-refractivity contribution is 6.46. The molecule has 2 aliphatic heterocycles. The number of nitrogens with zero attached hydrogens (tertiary/aromatic N) is 1. The van der Waals surface area contributed by atoms with Crippen LogP contribution in [0.3, 0.4) is 0 Å². The summed E-state index contributed by atoms with van der Waals surface area (Å²) in [5, 5.41) is 11.1. The Morgan fingerprint density at radius 1 is 1.03 bits per heavy atom. The number of aryl methyl sites for hydroxylation is 1. The van der Waals surface area contributed by atoms with E-state index in [0.717, 1.165) is 31.2 Å². The van der Waals surface area contributed by atoms with E-state index in [1.807, 2.05) is 25.1 Å². The number of fused-ring (bicyclic) bond motifs is 1. The molecule has 2 aromatic carbocycles. The van der Waals surface area contributed by atoms with E-state index < -0.39 is 17.7 Å². The molecule has 0 saturated carbocycles. The number of rotatable bonds is 7. The van der Waals surface area contributed by atoms with Crippen LogP contribution in [0.4, 0.5) is 0 Å². The topological polar surface area (TPSA) is 76.1 Å². The SMILES string of the molecule is CCCCCCN1C(=O)C(=O)C(=C(O)c2ccc(C)cc2)[C@@H]1c1ccc2c(c1)OCO2. The van der Waals surface area contributed by atoms with Gasteiger partial charge in [0.25, 0.3) is 11.7 Å². The van der Waals surface area contributed by atoms with Gasteiger partial charge in [0.15, 0.2) is 11.5 Å². The Labute approximate surface area is 182 Å². The summed E-state index contributed by atoms with van der Waals surface area (Å²) in [7, 11) is 0. The summed E-state index contributed by atoms with van der Waals surface area (Å²) < 4.78 is 10.9. The van der Waals surface area contributed by atoms with Crippen molar-refractivity contribution in [1.82, 2.24) is 4.90 Å². The second kappa shape index (κ2) is 8.84. The van der Waals surface area contributed by atoms with Crippen molar-refractivity contribution >= 4 is 17.4 Å². The molecule has 2 heterocycles. The molecule has 0 spiro atoms. The number of hydrogen-bond donors (Lipinski definition) is 1. The molecule has 1 amide bonds. The molecule has 4 rings (SSSR count). The number of amides is 1. The lowest BCUT2D eigenvalue weighted by molar-refractivity contribution is -0.139. The zero-order valence-corrected chi connectivity index (χ0v) is 17.9. The van der Waals surface area contributed by atoms with E-state index in [2.05, 4.69) is 6.92 Å². The molecule has 1 N–H and O–H groups in total. The number of aliphatic hydroxyl groups is 1. The van der Waals surface area contributed by atoms with Gasteiger partial charge < -0.3 is 19.5 Å². The summed E-state index contributed by atoms with van der Waals surface area (Å²) >= 11 is 0. The van der Waals surface area contributed by atoms with E-state index in [-0.39, 0.29) is 18.1 Å². The van der Waals surface area contributed by atoms with Gasteiger partial charge in [-0.05, 0) is 31.0 Å². The van der Waals surface area contributed by atoms with Crippen molar-refractivity contribution in [3.63, 3.8) is 0 Å². The van der Waals surface area contributed by atoms with Crippen LogP contribution in [0, 0.1) is 6.92 Å². The maximum absolute atomic E-state index is 13.0. The van der Waals surface area contributed by atoms with Gasteiger partial charge in [0.2, 0.25) is 6.79 Å². The third-order valence-corrected chi connectivity index (χ3v) is 5.83. The Balaban J connectivity index is 1.77. The lowest BCUT2D eigenvalue weighted by Crippen LogP contribution is -2.30. The number of ketones is 1. The van der Waals surface area contributed by atoms with Crippen molar-refractivity contribution in [1.29, 1.82) is 0 Å². The zero-order chi connectivity index (χ0) is 22.0. The molecule has 0 bridgehead atoms. The van der Waals surface area contributed by atoms with Crippen molar-refractivity contribution < 1.29 is 24.2 Å². The van der Waals surface area contributed by atoms with Crippen LogP contribution in [-0.2, 0) is 9.59 Å². The summed E-state index contributed by atoms with van der Waals surface area (Å²) in [6.45, 7) is 4.67. The number of unbranched alkanes of at least 4 members (excludes halogenated alkanes) is 3. The van der Waals surface area contributed by atoms with E-state index in [4.69, 9.17) is 9.47 Å². The molecule has 162 valence electrons. The fourth-order valence-electron chi connectivity index (χ4n) is 4.12. The molecule has 1 atom stereocenters. The molecular formula is C25H27NO5. The third kappa shape index (κ3) is 4.02. The van der Waals surface area contributed by atoms with Crippen molar-refractivity contribution in [2.24, 2.45) is 0 Å². The number of benzene rings is 2. The lowest BCUT2D eigenvalue weighted by Gasteiger charge is -2.25. The number of hydrogen-bond acceptors (Lipinski definition) is 5. The summed E-state index contributed by atoms with van der Waals surface area (Å²) in [6.07, 6.45) is 3.93. The quantitative estimate of drug-likeness (QED) is 0.303. The molecule has 1 fully saturated rings. The average Bonchev–Trinajstić information content (AvgIpc) is 3.34. The smallest absolute Gasteiger partial charge is 0.295 e. The first kappa shape index (κ1) is 21.0. The fraction of sp³-hybridized carbons (Fsp3) is 0.360. The minimum Gasteiger partial charge on any atom is -0.507 e. The number of likely N-dealkylation sites (tertiary alicyclic amines) is 1. The van der Waals surface area contributed by atoms with Crippen LogP contribution in [0.15, 0.2) is 48.0 Å². The Morgan fingerprint density at radius 3 is 2.52 bits per heavy atom. The zero-order valence-electron chi connectivity index (χ0n) is 17.9. The Kier molecular flexibility index (Phi) is 5.98. The Bertz CT molecular complexity index is 1020. The molecule has 0 unspecified atom stereocenters. The summed E-state index contributed by atoms with van der Waals surface area (Å²) in [5.74, 6) is -0.187. The van der Waals surface area contributed by atoms with Crippen molar-refractivity contribution in [2.45, 2.75) is 45.6 Å². The Hall–Kier alpha value is -3.28. The van der Waals surface area contributed by atoms with Gasteiger partial charge in [-0.1, -0.05) is 62.1 Å². The first-order chi connectivity index (χ1) is 15.0. The molecule has 6 heteroatoms. The fourth-order valence-corrected chi connectivity index (χ4v) is 4.12. The van der Waals surface area contributed by atoms with E-state index >= 15 is 0 Å².